The molecule has 1 aliphatic rings. The van der Waals surface area contributed by atoms with Gasteiger partial charge in [-0.2, -0.15) is 0 Å². The first-order valence-electron chi connectivity index (χ1n) is 11.7. The second kappa shape index (κ2) is 13.1. The van der Waals surface area contributed by atoms with Crippen LogP contribution in [0, 0.1) is 0 Å². The largest absolute Gasteiger partial charge is 0.497 e. The van der Waals surface area contributed by atoms with Crippen LogP contribution in [-0.2, 0) is 19.1 Å². The minimum atomic E-state index is -1.01. The summed E-state index contributed by atoms with van der Waals surface area (Å²) in [5.74, 6) is 0.724. The molecule has 178 valence electrons. The van der Waals surface area contributed by atoms with E-state index in [1.807, 2.05) is 13.8 Å². The zero-order valence-electron chi connectivity index (χ0n) is 20.0. The molecule has 32 heavy (non-hydrogen) atoms. The Kier molecular flexibility index (Phi) is 10.6. The van der Waals surface area contributed by atoms with E-state index in [1.165, 1.54) is 25.7 Å². The summed E-state index contributed by atoms with van der Waals surface area (Å²) >= 11 is 0. The molecule has 0 spiro atoms. The lowest BCUT2D eigenvalue weighted by atomic mass is 9.97. The molecule has 1 aromatic rings. The number of hydrogen-bond acceptors (Lipinski definition) is 6. The van der Waals surface area contributed by atoms with Crippen LogP contribution in [0.2, 0.25) is 0 Å². The molecule has 0 radical (unpaired) electrons. The molecule has 0 aliphatic carbocycles. The molecule has 0 saturated carbocycles. The summed E-state index contributed by atoms with van der Waals surface area (Å²) in [5, 5.41) is 0. The van der Waals surface area contributed by atoms with Crippen molar-refractivity contribution in [3.05, 3.63) is 35.4 Å². The Morgan fingerprint density at radius 1 is 0.969 bits per heavy atom. The zero-order valence-corrected chi connectivity index (χ0v) is 20.0. The fourth-order valence-corrected chi connectivity index (χ4v) is 3.67. The fraction of sp³-hybridized carbons (Fsp3) is 0.615. The van der Waals surface area contributed by atoms with Crippen molar-refractivity contribution in [3.63, 3.8) is 0 Å². The van der Waals surface area contributed by atoms with Crippen LogP contribution in [0.25, 0.3) is 0 Å². The lowest BCUT2D eigenvalue weighted by molar-refractivity contribution is -0.165. The number of benzene rings is 1. The van der Waals surface area contributed by atoms with Crippen molar-refractivity contribution in [2.24, 2.45) is 0 Å². The summed E-state index contributed by atoms with van der Waals surface area (Å²) < 4.78 is 22.3. The number of carbonyl (C=O) groups is 2. The summed E-state index contributed by atoms with van der Waals surface area (Å²) in [6.07, 6.45) is 8.72. The van der Waals surface area contributed by atoms with Crippen molar-refractivity contribution >= 4 is 11.9 Å². The maximum Gasteiger partial charge on any atom is 0.334 e. The normalized spacial score (nSPS) is 17.8. The summed E-state index contributed by atoms with van der Waals surface area (Å²) in [4.78, 5) is 24.7. The fourth-order valence-electron chi connectivity index (χ4n) is 3.67. The summed E-state index contributed by atoms with van der Waals surface area (Å²) in [6, 6.07) is 7.17. The number of allylic oxidation sites excluding steroid dienone is 1. The smallest absolute Gasteiger partial charge is 0.334 e. The van der Waals surface area contributed by atoms with Gasteiger partial charge in [0.1, 0.15) is 24.7 Å². The molecule has 0 N–H and O–H groups in total. The highest BCUT2D eigenvalue weighted by atomic mass is 16.6. The molecule has 1 fully saturated rings. The molecule has 1 unspecified atom stereocenters. The molecule has 6 heteroatoms. The molecule has 0 bridgehead atoms. The second-order valence-corrected chi connectivity index (χ2v) is 8.72. The van der Waals surface area contributed by atoms with Crippen LogP contribution in [0.1, 0.15) is 78.6 Å². The standard InChI is InChI=1S/C26H38O6/c1-5-6-7-8-9-10-11-12-24(27)31-19-26(17-23(20(2)3)25(28)32-26)18-30-22-15-13-21(29-4)14-16-22/h13-16H,5-12,17-19H2,1-4H3. The topological polar surface area (TPSA) is 71.1 Å². The van der Waals surface area contributed by atoms with Crippen LogP contribution in [0.15, 0.2) is 35.4 Å². The Morgan fingerprint density at radius 2 is 1.59 bits per heavy atom. The molecular formula is C26H38O6. The third kappa shape index (κ3) is 8.21. The third-order valence-electron chi connectivity index (χ3n) is 5.70. The molecule has 1 heterocycles. The van der Waals surface area contributed by atoms with E-state index in [2.05, 4.69) is 6.92 Å². The maximum atomic E-state index is 12.4. The summed E-state index contributed by atoms with van der Waals surface area (Å²) in [6.45, 7) is 6.05. The van der Waals surface area contributed by atoms with Gasteiger partial charge in [0, 0.05) is 18.4 Å². The number of carbonyl (C=O) groups excluding carboxylic acids is 2. The lowest BCUT2D eigenvalue weighted by Gasteiger charge is -2.27. The third-order valence-corrected chi connectivity index (χ3v) is 5.70. The molecule has 0 aromatic heterocycles. The van der Waals surface area contributed by atoms with Crippen molar-refractivity contribution in [3.8, 4) is 11.5 Å². The minimum absolute atomic E-state index is 0.0129. The van der Waals surface area contributed by atoms with Gasteiger partial charge in [-0.25, -0.2) is 4.79 Å². The molecule has 1 aromatic carbocycles. The predicted octanol–water partition coefficient (Wildman–Crippen LogP) is 5.78. The van der Waals surface area contributed by atoms with E-state index in [0.29, 0.717) is 24.2 Å². The summed E-state index contributed by atoms with van der Waals surface area (Å²) in [5.41, 5.74) is 0.501. The van der Waals surface area contributed by atoms with E-state index in [1.54, 1.807) is 31.4 Å². The Balaban J connectivity index is 1.89. The summed E-state index contributed by atoms with van der Waals surface area (Å²) in [7, 11) is 1.60. The van der Waals surface area contributed by atoms with Gasteiger partial charge in [0.15, 0.2) is 5.60 Å². The first-order valence-corrected chi connectivity index (χ1v) is 11.7. The Hall–Kier alpha value is -2.50. The molecule has 1 atom stereocenters. The van der Waals surface area contributed by atoms with Crippen molar-refractivity contribution in [1.29, 1.82) is 0 Å². The van der Waals surface area contributed by atoms with Gasteiger partial charge in [-0.3, -0.25) is 4.79 Å². The van der Waals surface area contributed by atoms with Gasteiger partial charge in [-0.1, -0.05) is 51.0 Å². The van der Waals surface area contributed by atoms with Crippen LogP contribution in [0.5, 0.6) is 11.5 Å². The number of cyclic esters (lactones) is 1. The van der Waals surface area contributed by atoms with Gasteiger partial charge in [-0.05, 0) is 44.5 Å². The molecule has 1 aliphatic heterocycles. The van der Waals surface area contributed by atoms with Gasteiger partial charge in [0.2, 0.25) is 0 Å². The number of ether oxygens (including phenoxy) is 4. The van der Waals surface area contributed by atoms with Gasteiger partial charge >= 0.3 is 11.9 Å². The molecule has 6 nitrogen and oxygen atoms in total. The van der Waals surface area contributed by atoms with E-state index in [4.69, 9.17) is 18.9 Å². The van der Waals surface area contributed by atoms with Crippen molar-refractivity contribution in [2.45, 2.75) is 84.2 Å². The Morgan fingerprint density at radius 3 is 2.19 bits per heavy atom. The van der Waals surface area contributed by atoms with Crippen molar-refractivity contribution < 1.29 is 28.5 Å². The number of rotatable bonds is 14. The SMILES string of the molecule is CCCCCCCCCC(=O)OCC1(COc2ccc(OC)cc2)CC(=C(C)C)C(=O)O1. The first kappa shape index (κ1) is 25.8. The average molecular weight is 447 g/mol. The molecule has 1 saturated heterocycles. The van der Waals surface area contributed by atoms with Crippen LogP contribution in [-0.4, -0.2) is 37.9 Å². The maximum absolute atomic E-state index is 12.4. The van der Waals surface area contributed by atoms with E-state index in [-0.39, 0.29) is 25.2 Å². The van der Waals surface area contributed by atoms with E-state index >= 15 is 0 Å². The van der Waals surface area contributed by atoms with Crippen LogP contribution >= 0.6 is 0 Å². The number of unbranched alkanes of at least 4 members (excludes halogenated alkanes) is 6. The van der Waals surface area contributed by atoms with Crippen LogP contribution in [0.4, 0.5) is 0 Å². The van der Waals surface area contributed by atoms with E-state index in [0.717, 1.165) is 30.6 Å². The Labute approximate surface area is 192 Å². The average Bonchev–Trinajstić information content (AvgIpc) is 3.13. The second-order valence-electron chi connectivity index (χ2n) is 8.72. The first-order chi connectivity index (χ1) is 15.4. The van der Waals surface area contributed by atoms with Gasteiger partial charge in [0.05, 0.1) is 7.11 Å². The highest BCUT2D eigenvalue weighted by molar-refractivity contribution is 5.92. The highest BCUT2D eigenvalue weighted by Gasteiger charge is 2.46. The monoisotopic (exact) mass is 446 g/mol. The molecule has 2 rings (SSSR count). The van der Waals surface area contributed by atoms with Gasteiger partial charge < -0.3 is 18.9 Å². The molecular weight excluding hydrogens is 408 g/mol. The van der Waals surface area contributed by atoms with Crippen LogP contribution < -0.4 is 9.47 Å². The predicted molar refractivity (Wildman–Crippen MR) is 124 cm³/mol. The van der Waals surface area contributed by atoms with Gasteiger partial charge in [-0.15, -0.1) is 0 Å². The quantitative estimate of drug-likeness (QED) is 0.205. The Bertz CT molecular complexity index is 763. The highest BCUT2D eigenvalue weighted by Crippen LogP contribution is 2.34. The minimum Gasteiger partial charge on any atom is -0.497 e. The molecule has 0 amide bonds. The number of methoxy groups -OCH3 is 1. The van der Waals surface area contributed by atoms with Crippen molar-refractivity contribution in [2.75, 3.05) is 20.3 Å². The van der Waals surface area contributed by atoms with Crippen LogP contribution in [0.3, 0.4) is 0 Å². The van der Waals surface area contributed by atoms with E-state index < -0.39 is 5.60 Å². The van der Waals surface area contributed by atoms with Gasteiger partial charge in [0.25, 0.3) is 0 Å². The lowest BCUT2D eigenvalue weighted by Crippen LogP contribution is -2.41. The number of esters is 2. The zero-order chi connectivity index (χ0) is 23.4. The van der Waals surface area contributed by atoms with Crippen molar-refractivity contribution in [1.82, 2.24) is 0 Å². The number of hydrogen-bond donors (Lipinski definition) is 0. The van der Waals surface area contributed by atoms with E-state index in [9.17, 15) is 9.59 Å².